The highest BCUT2D eigenvalue weighted by Crippen LogP contribution is 2.60. The van der Waals surface area contributed by atoms with E-state index in [1.807, 2.05) is 27.7 Å². The van der Waals surface area contributed by atoms with Gasteiger partial charge in [-0.25, -0.2) is 25.2 Å². The van der Waals surface area contributed by atoms with Crippen LogP contribution in [0.2, 0.25) is 0 Å². The average Bonchev–Trinajstić information content (AvgIpc) is 3.06. The zero-order valence-electron chi connectivity index (χ0n) is 41.4. The van der Waals surface area contributed by atoms with Gasteiger partial charge in [0.05, 0.1) is 27.1 Å². The molecule has 0 aliphatic carbocycles. The molecule has 0 radical (unpaired) electrons. The summed E-state index contributed by atoms with van der Waals surface area (Å²) in [4.78, 5) is 45.8. The lowest BCUT2D eigenvalue weighted by Crippen LogP contribution is -2.59. The standard InChI is InChI=1S/C48H94N3O6S4/c1-39(58)40(52)25-21-33-57-42(54)48(12,37-43(2,3)4)45(7,8)44(5,6)38-47(11,46(9,10)49)41(53)26-19-20-27-50(30-24-36-61(18,55)56)31-32-51(28-22-34-59(13)14)29-23-35-60(15,16)17/h39,58H,13-16,18-38,49H2,1-12,17H3,(H,55,56)/q-1. The van der Waals surface area contributed by atoms with E-state index in [0.717, 1.165) is 63.5 Å². The highest BCUT2D eigenvalue weighted by atomic mass is 32.2. The zero-order chi connectivity index (χ0) is 47.9. The maximum atomic E-state index is 14.6. The first-order valence-corrected chi connectivity index (χ1v) is 29.0. The number of hydrogen-bond acceptors (Lipinski definition) is 10. The Hall–Kier alpha value is -0.800. The summed E-state index contributed by atoms with van der Waals surface area (Å²) >= 11 is 4.24. The number of esters is 1. The van der Waals surface area contributed by atoms with Crippen LogP contribution < -0.4 is 5.73 Å². The van der Waals surface area contributed by atoms with E-state index in [0.29, 0.717) is 51.5 Å². The number of rotatable bonds is 33. The first-order valence-electron chi connectivity index (χ1n) is 22.4. The van der Waals surface area contributed by atoms with Crippen molar-refractivity contribution >= 4 is 88.6 Å². The summed E-state index contributed by atoms with van der Waals surface area (Å²) in [5.74, 6) is 22.1. The van der Waals surface area contributed by atoms with Gasteiger partial charge in [0.1, 0.15) is 11.6 Å². The molecule has 3 N–H and O–H groups in total. The predicted octanol–water partition coefficient (Wildman–Crippen LogP) is 8.31. The van der Waals surface area contributed by atoms with Gasteiger partial charge in [0.25, 0.3) is 0 Å². The van der Waals surface area contributed by atoms with E-state index in [9.17, 15) is 23.1 Å². The number of ether oxygens (including phenoxy) is 1. The van der Waals surface area contributed by atoms with Gasteiger partial charge in [-0.3, -0.25) is 14.4 Å². The summed E-state index contributed by atoms with van der Waals surface area (Å²) in [6.07, 6.45) is 8.43. The summed E-state index contributed by atoms with van der Waals surface area (Å²) in [6.45, 7) is 29.8. The van der Waals surface area contributed by atoms with Gasteiger partial charge in [-0.15, -0.1) is 5.75 Å². The van der Waals surface area contributed by atoms with E-state index in [1.165, 1.54) is 0 Å². The number of carbonyl (C=O) groups excluding carboxylic acids is 3. The van der Waals surface area contributed by atoms with Gasteiger partial charge in [0.15, 0.2) is 0 Å². The predicted molar refractivity (Wildman–Crippen MR) is 282 cm³/mol. The first kappa shape index (κ1) is 60.2. The second kappa shape index (κ2) is 25.2. The van der Waals surface area contributed by atoms with E-state index >= 15 is 0 Å². The maximum absolute atomic E-state index is 14.6. The molecule has 13 heteroatoms. The Labute approximate surface area is 384 Å². The van der Waals surface area contributed by atoms with Crippen molar-refractivity contribution in [1.82, 2.24) is 9.80 Å². The van der Waals surface area contributed by atoms with Crippen LogP contribution in [0.15, 0.2) is 0 Å². The van der Waals surface area contributed by atoms with Gasteiger partial charge in [-0.05, 0) is 133 Å². The normalized spacial score (nSPS) is 16.9. The lowest BCUT2D eigenvalue weighted by molar-refractivity contribution is -0.177. The molecule has 0 aromatic rings. The Balaban J connectivity index is 6.22. The van der Waals surface area contributed by atoms with Crippen LogP contribution in [0, 0.1) is 27.1 Å². The maximum Gasteiger partial charge on any atom is 0.312 e. The molecule has 0 aromatic heterocycles. The van der Waals surface area contributed by atoms with Crippen LogP contribution in [0.25, 0.3) is 0 Å². The van der Waals surface area contributed by atoms with E-state index in [1.54, 1.807) is 6.92 Å². The van der Waals surface area contributed by atoms with Gasteiger partial charge < -0.3 is 34.9 Å². The topological polar surface area (TPSA) is 130 Å². The highest BCUT2D eigenvalue weighted by Gasteiger charge is 2.59. The van der Waals surface area contributed by atoms with Crippen LogP contribution in [-0.4, -0.2) is 146 Å². The number of nitrogens with zero attached hydrogens (tertiary/aromatic N) is 2. The molecule has 0 bridgehead atoms. The number of thiol groups is 1. The van der Waals surface area contributed by atoms with Crippen LogP contribution in [-0.2, 0) is 39.0 Å². The quantitative estimate of drug-likeness (QED) is 0.0196. The van der Waals surface area contributed by atoms with Gasteiger partial charge in [-0.1, -0.05) is 73.6 Å². The number of Topliss-reactive ketones (excluding diaryl/α,β-unsaturated/α-hetero) is 2. The Kier molecular flexibility index (Phi) is 24.9. The number of unbranched alkanes of at least 4 members (excludes halogenated alkanes) is 1. The van der Waals surface area contributed by atoms with Crippen molar-refractivity contribution in [3.63, 3.8) is 0 Å². The van der Waals surface area contributed by atoms with Gasteiger partial charge in [0, 0.05) is 42.6 Å². The fourth-order valence-corrected chi connectivity index (χ4v) is 10.5. The number of nitrogens with two attached hydrogens (primary N) is 1. The van der Waals surface area contributed by atoms with Gasteiger partial charge in [-0.2, -0.15) is 12.6 Å². The molecule has 362 valence electrons. The molecule has 0 aliphatic rings. The van der Waals surface area contributed by atoms with Crippen molar-refractivity contribution < 1.29 is 27.9 Å². The van der Waals surface area contributed by atoms with Crippen molar-refractivity contribution in [2.24, 2.45) is 32.8 Å². The van der Waals surface area contributed by atoms with Gasteiger partial charge in [0.2, 0.25) is 0 Å². The molecular formula is C48H94N3O6S4-. The SMILES string of the molecule is C=[S-](=C)CCCN(CCCS(=C)(=C)C)CCN(CCCCC(=O)C(C)(CC(C)(C)C(C)(C)C(C)(CC(C)(C)C)C(=O)OCCCC(=O)C(C)S)C(C)(C)N)CCCS(=C)(=O)O. The highest BCUT2D eigenvalue weighted by molar-refractivity contribution is 8.27. The fourth-order valence-electron chi connectivity index (χ4n) is 8.42. The lowest BCUT2D eigenvalue weighted by atomic mass is 9.47. The molecule has 0 aromatic carbocycles. The van der Waals surface area contributed by atoms with E-state index in [-0.39, 0.29) is 50.6 Å². The third-order valence-corrected chi connectivity index (χ3v) is 16.7. The summed E-state index contributed by atoms with van der Waals surface area (Å²) in [5.41, 5.74) is 2.91. The Morgan fingerprint density at radius 3 is 1.67 bits per heavy atom. The first-order chi connectivity index (χ1) is 27.4. The van der Waals surface area contributed by atoms with E-state index in [4.69, 9.17) is 10.5 Å². The van der Waals surface area contributed by atoms with Crippen LogP contribution >= 0.6 is 21.8 Å². The molecule has 0 saturated heterocycles. The summed E-state index contributed by atoms with van der Waals surface area (Å²) in [6, 6.07) is 0. The molecule has 0 saturated carbocycles. The number of hydrogen-bond donors (Lipinski definition) is 3. The summed E-state index contributed by atoms with van der Waals surface area (Å²) < 4.78 is 27.9. The molecule has 0 rings (SSSR count). The second-order valence-corrected chi connectivity index (χ2v) is 29.5. The molecule has 9 nitrogen and oxygen atoms in total. The molecule has 0 aliphatic heterocycles. The molecule has 4 atom stereocenters. The zero-order valence-corrected chi connectivity index (χ0v) is 44.7. The molecule has 0 spiro atoms. The van der Waals surface area contributed by atoms with Crippen molar-refractivity contribution in [2.45, 2.75) is 158 Å². The monoisotopic (exact) mass is 937 g/mol. The number of carbonyl (C=O) groups is 3. The van der Waals surface area contributed by atoms with E-state index < -0.39 is 46.2 Å². The van der Waals surface area contributed by atoms with Gasteiger partial charge >= 0.3 is 5.97 Å². The largest absolute Gasteiger partial charge is 0.485 e. The van der Waals surface area contributed by atoms with Crippen LogP contribution in [0.5, 0.6) is 0 Å². The lowest BCUT2D eigenvalue weighted by Gasteiger charge is -2.57. The summed E-state index contributed by atoms with van der Waals surface area (Å²) in [5, 5.41) is -0.355. The molecule has 0 amide bonds. The van der Waals surface area contributed by atoms with Crippen molar-refractivity contribution in [3.05, 3.63) is 0 Å². The van der Waals surface area contributed by atoms with E-state index in [2.05, 4.69) is 107 Å². The molecule has 61 heavy (non-hydrogen) atoms. The molecule has 0 fully saturated rings. The van der Waals surface area contributed by atoms with Crippen molar-refractivity contribution in [2.75, 3.05) is 69.4 Å². The minimum Gasteiger partial charge on any atom is -0.485 e. The summed E-state index contributed by atoms with van der Waals surface area (Å²) in [7, 11) is -4.25. The Morgan fingerprint density at radius 2 is 1.23 bits per heavy atom. The minimum absolute atomic E-state index is 0.0271. The van der Waals surface area contributed by atoms with Crippen molar-refractivity contribution in [1.29, 1.82) is 0 Å². The molecule has 4 unspecified atom stereocenters. The van der Waals surface area contributed by atoms with Crippen LogP contribution in [0.1, 0.15) is 147 Å². The van der Waals surface area contributed by atoms with Crippen molar-refractivity contribution in [3.8, 4) is 0 Å². The Bertz CT molecular complexity index is 1680. The average molecular weight is 938 g/mol. The Morgan fingerprint density at radius 1 is 0.738 bits per heavy atom. The second-order valence-electron chi connectivity index (χ2n) is 21.8. The molecular weight excluding hydrogens is 843 g/mol. The minimum atomic E-state index is -3.08. The molecule has 0 heterocycles. The van der Waals surface area contributed by atoms with Crippen LogP contribution in [0.4, 0.5) is 0 Å². The third kappa shape index (κ3) is 22.3. The number of ketones is 2. The van der Waals surface area contributed by atoms with Crippen LogP contribution in [0.3, 0.4) is 0 Å². The fraction of sp³-hybridized carbons (Fsp3) is 0.833. The smallest absolute Gasteiger partial charge is 0.312 e. The third-order valence-electron chi connectivity index (χ3n) is 13.3.